The molecular weight excluding hydrogens is 342 g/mol. The second-order valence-corrected chi connectivity index (χ2v) is 6.79. The third-order valence-corrected chi connectivity index (χ3v) is 4.73. The van der Waals surface area contributed by atoms with E-state index in [0.29, 0.717) is 5.95 Å². The molecule has 4 aromatic rings. The van der Waals surface area contributed by atoms with Crippen molar-refractivity contribution >= 4 is 28.7 Å². The van der Waals surface area contributed by atoms with Gasteiger partial charge < -0.3 is 11.1 Å². The van der Waals surface area contributed by atoms with Gasteiger partial charge in [-0.2, -0.15) is 0 Å². The van der Waals surface area contributed by atoms with Gasteiger partial charge in [0.05, 0.1) is 0 Å². The Balaban J connectivity index is 1.64. The Morgan fingerprint density at radius 2 is 1.81 bits per heavy atom. The number of anilines is 3. The predicted octanol–water partition coefficient (Wildman–Crippen LogP) is 4.90. The molecule has 26 heavy (non-hydrogen) atoms. The molecule has 2 aromatic heterocycles. The molecule has 0 fully saturated rings. The maximum Gasteiger partial charge on any atom is 0.227 e. The molecule has 0 aliphatic heterocycles. The van der Waals surface area contributed by atoms with Crippen molar-refractivity contribution in [2.24, 2.45) is 0 Å². The number of nitrogens with zero attached hydrogens (tertiary/aromatic N) is 3. The number of nitrogens with one attached hydrogen (secondary N) is 1. The first kappa shape index (κ1) is 16.2. The van der Waals surface area contributed by atoms with Gasteiger partial charge in [0.1, 0.15) is 10.7 Å². The summed E-state index contributed by atoms with van der Waals surface area (Å²) in [5.74, 6) is 0.547. The minimum atomic E-state index is 0.547. The average Bonchev–Trinajstić information content (AvgIpc) is 3.18. The van der Waals surface area contributed by atoms with Crippen LogP contribution in [0.25, 0.3) is 21.8 Å². The number of benzene rings is 2. The van der Waals surface area contributed by atoms with Crippen molar-refractivity contribution in [2.75, 3.05) is 11.1 Å². The molecule has 4 rings (SSSR count). The first-order valence-electron chi connectivity index (χ1n) is 8.15. The van der Waals surface area contributed by atoms with Gasteiger partial charge in [-0.05, 0) is 47.9 Å². The summed E-state index contributed by atoms with van der Waals surface area (Å²) in [7, 11) is 0. The van der Waals surface area contributed by atoms with E-state index < -0.39 is 0 Å². The second kappa shape index (κ2) is 6.93. The van der Waals surface area contributed by atoms with E-state index in [2.05, 4.69) is 32.4 Å². The summed E-state index contributed by atoms with van der Waals surface area (Å²) in [6, 6.07) is 15.9. The Morgan fingerprint density at radius 3 is 2.58 bits per heavy atom. The standard InChI is InChI=1S/C20H17N5S/c1-13-12-23-20(25-18(13)19-22-8-9-26-19)24-17-7-3-5-15(11-17)14-4-2-6-16(21)10-14/h2-12H,21H2,1H3,(H,23,24,25). The molecule has 2 aromatic carbocycles. The number of thiazole rings is 1. The molecule has 0 atom stereocenters. The maximum atomic E-state index is 5.89. The predicted molar refractivity (Wildman–Crippen MR) is 107 cm³/mol. The van der Waals surface area contributed by atoms with Crippen molar-refractivity contribution in [3.05, 3.63) is 71.9 Å². The highest BCUT2D eigenvalue weighted by Gasteiger charge is 2.09. The van der Waals surface area contributed by atoms with Crippen LogP contribution in [0.2, 0.25) is 0 Å². The van der Waals surface area contributed by atoms with Crippen LogP contribution in [-0.2, 0) is 0 Å². The first-order chi connectivity index (χ1) is 12.7. The van der Waals surface area contributed by atoms with E-state index >= 15 is 0 Å². The van der Waals surface area contributed by atoms with E-state index in [4.69, 9.17) is 5.73 Å². The molecule has 6 heteroatoms. The van der Waals surface area contributed by atoms with Gasteiger partial charge in [0, 0.05) is 29.1 Å². The Bertz CT molecular complexity index is 1040. The topological polar surface area (TPSA) is 76.7 Å². The van der Waals surface area contributed by atoms with Gasteiger partial charge in [-0.25, -0.2) is 15.0 Å². The maximum absolute atomic E-state index is 5.89. The summed E-state index contributed by atoms with van der Waals surface area (Å²) in [5, 5.41) is 6.12. The molecule has 2 heterocycles. The highest BCUT2D eigenvalue weighted by Crippen LogP contribution is 2.27. The van der Waals surface area contributed by atoms with Crippen molar-refractivity contribution in [1.82, 2.24) is 15.0 Å². The minimum absolute atomic E-state index is 0.547. The van der Waals surface area contributed by atoms with Gasteiger partial charge in [-0.3, -0.25) is 0 Å². The average molecular weight is 359 g/mol. The molecule has 5 nitrogen and oxygen atoms in total. The summed E-state index contributed by atoms with van der Waals surface area (Å²) >= 11 is 1.57. The van der Waals surface area contributed by atoms with Crippen LogP contribution in [0, 0.1) is 6.92 Å². The van der Waals surface area contributed by atoms with Crippen LogP contribution in [0.15, 0.2) is 66.3 Å². The van der Waals surface area contributed by atoms with Gasteiger partial charge >= 0.3 is 0 Å². The molecular formula is C20H17N5S. The van der Waals surface area contributed by atoms with E-state index in [1.165, 1.54) is 0 Å². The summed E-state index contributed by atoms with van der Waals surface area (Å²) < 4.78 is 0. The zero-order valence-corrected chi connectivity index (χ0v) is 15.0. The number of rotatable bonds is 4. The molecule has 0 aliphatic carbocycles. The molecule has 0 saturated carbocycles. The molecule has 0 amide bonds. The fourth-order valence-electron chi connectivity index (χ4n) is 2.68. The quantitative estimate of drug-likeness (QED) is 0.507. The molecule has 128 valence electrons. The molecule has 0 bridgehead atoms. The summed E-state index contributed by atoms with van der Waals surface area (Å²) in [6.07, 6.45) is 3.59. The number of aryl methyl sites for hydroxylation is 1. The minimum Gasteiger partial charge on any atom is -0.399 e. The number of hydrogen-bond acceptors (Lipinski definition) is 6. The number of nitrogen functional groups attached to an aromatic ring is 1. The zero-order valence-electron chi connectivity index (χ0n) is 14.2. The second-order valence-electron chi connectivity index (χ2n) is 5.89. The Labute approximate surface area is 155 Å². The van der Waals surface area contributed by atoms with Crippen molar-refractivity contribution in [2.45, 2.75) is 6.92 Å². The molecule has 3 N–H and O–H groups in total. The van der Waals surface area contributed by atoms with Gasteiger partial charge in [0.25, 0.3) is 0 Å². The SMILES string of the molecule is Cc1cnc(Nc2cccc(-c3cccc(N)c3)c2)nc1-c1nccs1. The fourth-order valence-corrected chi connectivity index (χ4v) is 3.37. The number of aromatic nitrogens is 3. The van der Waals surface area contributed by atoms with Crippen molar-refractivity contribution in [3.8, 4) is 21.8 Å². The molecule has 0 spiro atoms. The number of nitrogens with two attached hydrogens (primary N) is 1. The molecule has 0 aliphatic rings. The highest BCUT2D eigenvalue weighted by atomic mass is 32.1. The van der Waals surface area contributed by atoms with E-state index in [0.717, 1.165) is 38.8 Å². The normalized spacial score (nSPS) is 10.7. The Hall–Kier alpha value is -3.25. The summed E-state index contributed by atoms with van der Waals surface area (Å²) in [4.78, 5) is 13.4. The van der Waals surface area contributed by atoms with E-state index in [1.54, 1.807) is 17.5 Å². The van der Waals surface area contributed by atoms with Crippen LogP contribution in [0.1, 0.15) is 5.56 Å². The van der Waals surface area contributed by atoms with Gasteiger partial charge in [-0.1, -0.05) is 24.3 Å². The van der Waals surface area contributed by atoms with Crippen molar-refractivity contribution in [3.63, 3.8) is 0 Å². The van der Waals surface area contributed by atoms with Crippen LogP contribution in [0.4, 0.5) is 17.3 Å². The monoisotopic (exact) mass is 359 g/mol. The van der Waals surface area contributed by atoms with Crippen LogP contribution >= 0.6 is 11.3 Å². The molecule has 0 saturated heterocycles. The van der Waals surface area contributed by atoms with Crippen LogP contribution in [-0.4, -0.2) is 15.0 Å². The van der Waals surface area contributed by atoms with Gasteiger partial charge in [-0.15, -0.1) is 11.3 Å². The summed E-state index contributed by atoms with van der Waals surface area (Å²) in [5.41, 5.74) is 11.6. The van der Waals surface area contributed by atoms with E-state index in [1.807, 2.05) is 54.9 Å². The number of hydrogen-bond donors (Lipinski definition) is 2. The highest BCUT2D eigenvalue weighted by molar-refractivity contribution is 7.13. The third kappa shape index (κ3) is 3.41. The van der Waals surface area contributed by atoms with Crippen molar-refractivity contribution < 1.29 is 0 Å². The Morgan fingerprint density at radius 1 is 1.00 bits per heavy atom. The largest absolute Gasteiger partial charge is 0.399 e. The lowest BCUT2D eigenvalue weighted by Gasteiger charge is -2.09. The molecule has 0 radical (unpaired) electrons. The van der Waals surface area contributed by atoms with E-state index in [9.17, 15) is 0 Å². The fraction of sp³-hybridized carbons (Fsp3) is 0.0500. The van der Waals surface area contributed by atoms with E-state index in [-0.39, 0.29) is 0 Å². The lowest BCUT2D eigenvalue weighted by Crippen LogP contribution is -2.00. The Kier molecular flexibility index (Phi) is 4.33. The molecule has 0 unspecified atom stereocenters. The lowest BCUT2D eigenvalue weighted by atomic mass is 10.0. The van der Waals surface area contributed by atoms with Crippen LogP contribution in [0.5, 0.6) is 0 Å². The first-order valence-corrected chi connectivity index (χ1v) is 9.03. The smallest absolute Gasteiger partial charge is 0.227 e. The van der Waals surface area contributed by atoms with Crippen LogP contribution in [0.3, 0.4) is 0 Å². The third-order valence-electron chi connectivity index (χ3n) is 3.95. The zero-order chi connectivity index (χ0) is 17.9. The lowest BCUT2D eigenvalue weighted by molar-refractivity contribution is 1.13. The van der Waals surface area contributed by atoms with Gasteiger partial charge in [0.2, 0.25) is 5.95 Å². The van der Waals surface area contributed by atoms with Gasteiger partial charge in [0.15, 0.2) is 0 Å². The summed E-state index contributed by atoms with van der Waals surface area (Å²) in [6.45, 7) is 1.99. The van der Waals surface area contributed by atoms with Crippen LogP contribution < -0.4 is 11.1 Å². The van der Waals surface area contributed by atoms with Crippen molar-refractivity contribution in [1.29, 1.82) is 0 Å².